The van der Waals surface area contributed by atoms with Gasteiger partial charge in [-0.3, -0.25) is 4.99 Å². The molecule has 0 fully saturated rings. The molecule has 0 aliphatic carbocycles. The predicted molar refractivity (Wildman–Crippen MR) is 89.7 cm³/mol. The fraction of sp³-hybridized carbons (Fsp3) is 0.111. The minimum absolute atomic E-state index is 0.343. The first-order chi connectivity index (χ1) is 12.1. The summed E-state index contributed by atoms with van der Waals surface area (Å²) in [6.07, 6.45) is 1.66. The lowest BCUT2D eigenvalue weighted by Gasteiger charge is -2.15. The van der Waals surface area contributed by atoms with E-state index in [0.29, 0.717) is 41.7 Å². The Morgan fingerprint density at radius 1 is 0.960 bits per heavy atom. The highest BCUT2D eigenvalue weighted by molar-refractivity contribution is 5.84. The molecule has 0 amide bonds. The molecule has 0 unspecified atom stereocenters. The molecule has 126 valence electrons. The number of benzene rings is 2. The molecular formula is C18H13F3N4. The fourth-order valence-electron chi connectivity index (χ4n) is 2.75. The first-order valence-electron chi connectivity index (χ1n) is 7.70. The highest BCUT2D eigenvalue weighted by Crippen LogP contribution is 2.32. The van der Waals surface area contributed by atoms with Crippen LogP contribution in [0.4, 0.5) is 24.7 Å². The third-order valence-electron chi connectivity index (χ3n) is 3.96. The van der Waals surface area contributed by atoms with E-state index in [1.807, 2.05) is 4.57 Å². The van der Waals surface area contributed by atoms with Gasteiger partial charge in [0.05, 0.1) is 12.8 Å². The maximum absolute atomic E-state index is 13.5. The first kappa shape index (κ1) is 15.4. The zero-order valence-electron chi connectivity index (χ0n) is 13.0. The number of anilines is 2. The maximum atomic E-state index is 13.5. The van der Waals surface area contributed by atoms with Crippen molar-refractivity contribution in [2.45, 2.75) is 6.54 Å². The maximum Gasteiger partial charge on any atom is 0.160 e. The highest BCUT2D eigenvalue weighted by atomic mass is 19.2. The van der Waals surface area contributed by atoms with Crippen LogP contribution in [0.1, 0.15) is 5.82 Å². The molecule has 1 aliphatic heterocycles. The zero-order chi connectivity index (χ0) is 17.4. The minimum Gasteiger partial charge on any atom is -0.340 e. The van der Waals surface area contributed by atoms with Crippen molar-refractivity contribution < 1.29 is 13.2 Å². The van der Waals surface area contributed by atoms with Crippen molar-refractivity contribution in [3.05, 3.63) is 65.7 Å². The van der Waals surface area contributed by atoms with E-state index in [4.69, 9.17) is 0 Å². The summed E-state index contributed by atoms with van der Waals surface area (Å²) in [6, 6.07) is 9.54. The first-order valence-corrected chi connectivity index (χ1v) is 7.70. The lowest BCUT2D eigenvalue weighted by Crippen LogP contribution is -2.13. The van der Waals surface area contributed by atoms with Crippen LogP contribution < -0.4 is 5.32 Å². The number of nitrogens with one attached hydrogen (secondary N) is 1. The van der Waals surface area contributed by atoms with Crippen molar-refractivity contribution in [1.29, 1.82) is 0 Å². The molecule has 1 aromatic heterocycles. The van der Waals surface area contributed by atoms with Gasteiger partial charge < -0.3 is 9.88 Å². The van der Waals surface area contributed by atoms with Gasteiger partial charge in [-0.15, -0.1) is 0 Å². The Kier molecular flexibility index (Phi) is 3.76. The largest absolute Gasteiger partial charge is 0.340 e. The Morgan fingerprint density at radius 2 is 1.76 bits per heavy atom. The van der Waals surface area contributed by atoms with Gasteiger partial charge >= 0.3 is 0 Å². The number of nitrogens with zero attached hydrogens (tertiary/aromatic N) is 3. The molecule has 0 saturated carbocycles. The summed E-state index contributed by atoms with van der Waals surface area (Å²) >= 11 is 0. The molecule has 3 aromatic rings. The molecule has 1 N–H and O–H groups in total. The summed E-state index contributed by atoms with van der Waals surface area (Å²) < 4.78 is 41.8. The van der Waals surface area contributed by atoms with Crippen molar-refractivity contribution in [2.75, 3.05) is 11.9 Å². The molecule has 0 atom stereocenters. The van der Waals surface area contributed by atoms with Gasteiger partial charge in [-0.2, -0.15) is 0 Å². The molecule has 0 spiro atoms. The van der Waals surface area contributed by atoms with Gasteiger partial charge in [-0.1, -0.05) is 0 Å². The summed E-state index contributed by atoms with van der Waals surface area (Å²) in [6.45, 7) is 1.20. The van der Waals surface area contributed by atoms with Crippen molar-refractivity contribution in [2.24, 2.45) is 4.99 Å². The molecule has 2 heterocycles. The molecule has 0 bridgehead atoms. The van der Waals surface area contributed by atoms with Gasteiger partial charge in [0.2, 0.25) is 0 Å². The van der Waals surface area contributed by atoms with Gasteiger partial charge in [0.15, 0.2) is 17.5 Å². The number of aromatic nitrogens is 2. The zero-order valence-corrected chi connectivity index (χ0v) is 13.0. The monoisotopic (exact) mass is 342 g/mol. The lowest BCUT2D eigenvalue weighted by atomic mass is 10.1. The number of hydrogen-bond donors (Lipinski definition) is 1. The fourth-order valence-corrected chi connectivity index (χ4v) is 2.75. The average Bonchev–Trinajstić information content (AvgIpc) is 2.97. The van der Waals surface area contributed by atoms with E-state index < -0.39 is 11.6 Å². The number of hydrogen-bond acceptors (Lipinski definition) is 3. The molecule has 2 aromatic carbocycles. The summed E-state index contributed by atoms with van der Waals surface area (Å²) in [5, 5.41) is 3.10. The van der Waals surface area contributed by atoms with E-state index >= 15 is 0 Å². The molecule has 7 heteroatoms. The predicted octanol–water partition coefficient (Wildman–Crippen LogP) is 4.14. The summed E-state index contributed by atoms with van der Waals surface area (Å²) in [5.41, 5.74) is 1.70. The van der Waals surface area contributed by atoms with Crippen LogP contribution in [0.3, 0.4) is 0 Å². The standard InChI is InChI=1S/C18H13F3N4/c19-12-3-1-11(2-4-12)17-18(25-8-7-22-10-16(25)24-17)23-13-5-6-14(20)15(21)9-13/h1-6,9-10,23H,7-8H2. The molecule has 0 radical (unpaired) electrons. The average molecular weight is 342 g/mol. The van der Waals surface area contributed by atoms with Gasteiger partial charge in [0.25, 0.3) is 0 Å². The van der Waals surface area contributed by atoms with E-state index in [1.165, 1.54) is 18.2 Å². The van der Waals surface area contributed by atoms with E-state index in [2.05, 4.69) is 15.3 Å². The molecule has 0 saturated heterocycles. The van der Waals surface area contributed by atoms with Crippen molar-refractivity contribution in [3.63, 3.8) is 0 Å². The Hall–Kier alpha value is -3.09. The van der Waals surface area contributed by atoms with Crippen molar-refractivity contribution in [3.8, 4) is 11.3 Å². The van der Waals surface area contributed by atoms with E-state index in [-0.39, 0.29) is 5.82 Å². The number of halogens is 3. The van der Waals surface area contributed by atoms with Crippen LogP contribution in [0.5, 0.6) is 0 Å². The highest BCUT2D eigenvalue weighted by Gasteiger charge is 2.20. The minimum atomic E-state index is -0.937. The van der Waals surface area contributed by atoms with Crippen LogP contribution in [0.2, 0.25) is 0 Å². The second-order valence-corrected chi connectivity index (χ2v) is 5.61. The van der Waals surface area contributed by atoms with Gasteiger partial charge in [-0.25, -0.2) is 18.2 Å². The van der Waals surface area contributed by atoms with E-state index in [9.17, 15) is 13.2 Å². The van der Waals surface area contributed by atoms with Crippen molar-refractivity contribution >= 4 is 17.7 Å². The SMILES string of the molecule is Fc1ccc(-c2nc3n(c2Nc2ccc(F)c(F)c2)CCN=C3)cc1. The van der Waals surface area contributed by atoms with E-state index in [1.54, 1.807) is 18.3 Å². The Labute approximate surface area is 141 Å². The second-order valence-electron chi connectivity index (χ2n) is 5.61. The molecule has 1 aliphatic rings. The van der Waals surface area contributed by atoms with E-state index in [0.717, 1.165) is 12.1 Å². The summed E-state index contributed by atoms with van der Waals surface area (Å²) in [7, 11) is 0. The number of rotatable bonds is 3. The van der Waals surface area contributed by atoms with Crippen LogP contribution in [0.25, 0.3) is 11.3 Å². The smallest absolute Gasteiger partial charge is 0.160 e. The molecule has 25 heavy (non-hydrogen) atoms. The Bertz CT molecular complexity index is 961. The van der Waals surface area contributed by atoms with Gasteiger partial charge in [-0.05, 0) is 36.4 Å². The summed E-state index contributed by atoms with van der Waals surface area (Å²) in [5.74, 6) is -0.918. The van der Waals surface area contributed by atoms with Crippen LogP contribution in [-0.4, -0.2) is 22.3 Å². The molecular weight excluding hydrogens is 329 g/mol. The Balaban J connectivity index is 1.81. The van der Waals surface area contributed by atoms with Gasteiger partial charge in [0.1, 0.15) is 17.3 Å². The van der Waals surface area contributed by atoms with Crippen molar-refractivity contribution in [1.82, 2.24) is 9.55 Å². The number of fused-ring (bicyclic) bond motifs is 1. The van der Waals surface area contributed by atoms with Crippen LogP contribution in [0.15, 0.2) is 47.5 Å². The third-order valence-corrected chi connectivity index (χ3v) is 3.96. The second kappa shape index (κ2) is 6.08. The topological polar surface area (TPSA) is 42.2 Å². The van der Waals surface area contributed by atoms with Crippen LogP contribution >= 0.6 is 0 Å². The lowest BCUT2D eigenvalue weighted by molar-refractivity contribution is 0.509. The summed E-state index contributed by atoms with van der Waals surface area (Å²) in [4.78, 5) is 8.76. The van der Waals surface area contributed by atoms with Crippen LogP contribution in [-0.2, 0) is 6.54 Å². The number of imidazole rings is 1. The molecule has 4 rings (SSSR count). The Morgan fingerprint density at radius 3 is 2.52 bits per heavy atom. The van der Waals surface area contributed by atoms with Crippen LogP contribution in [0, 0.1) is 17.5 Å². The normalized spacial score (nSPS) is 12.9. The molecule has 4 nitrogen and oxygen atoms in total. The third kappa shape index (κ3) is 2.88. The number of aliphatic imine (C=N–C) groups is 1. The quantitative estimate of drug-likeness (QED) is 0.777. The van der Waals surface area contributed by atoms with Gasteiger partial charge in [0, 0.05) is 23.9 Å².